The van der Waals surface area contributed by atoms with Crippen LogP contribution >= 0.6 is 12.4 Å². The third kappa shape index (κ3) is 5.33. The van der Waals surface area contributed by atoms with Crippen molar-refractivity contribution < 1.29 is 19.2 Å². The first-order valence-corrected chi connectivity index (χ1v) is 7.45. The summed E-state index contributed by atoms with van der Waals surface area (Å²) in [7, 11) is 1.51. The second kappa shape index (κ2) is 9.41. The number of nitrogens with zero attached hydrogens (tertiary/aromatic N) is 2. The van der Waals surface area contributed by atoms with E-state index in [0.29, 0.717) is 31.7 Å². The summed E-state index contributed by atoms with van der Waals surface area (Å²) in [6, 6.07) is 5.37. The maximum atomic E-state index is 12.1. The average molecular weight is 360 g/mol. The van der Waals surface area contributed by atoms with Crippen LogP contribution in [0.2, 0.25) is 0 Å². The van der Waals surface area contributed by atoms with Crippen molar-refractivity contribution in [2.45, 2.75) is 25.0 Å². The van der Waals surface area contributed by atoms with Crippen LogP contribution in [0.25, 0.3) is 0 Å². The summed E-state index contributed by atoms with van der Waals surface area (Å²) in [5, 5.41) is 10.6. The molecule has 1 aromatic carbocycles. The van der Waals surface area contributed by atoms with Gasteiger partial charge in [0.1, 0.15) is 17.9 Å². The zero-order valence-corrected chi connectivity index (χ0v) is 14.2. The number of carbonyl (C=O) groups is 1. The Hall–Kier alpha value is -1.90. The Morgan fingerprint density at radius 2 is 1.96 bits per heavy atom. The van der Waals surface area contributed by atoms with Crippen molar-refractivity contribution in [1.82, 2.24) is 4.90 Å². The van der Waals surface area contributed by atoms with Crippen LogP contribution in [-0.4, -0.2) is 54.7 Å². The molecule has 2 rings (SSSR count). The van der Waals surface area contributed by atoms with E-state index in [1.807, 2.05) is 0 Å². The molecule has 0 spiro atoms. The first-order valence-electron chi connectivity index (χ1n) is 7.45. The van der Waals surface area contributed by atoms with Crippen molar-refractivity contribution in [2.75, 3.05) is 26.8 Å². The van der Waals surface area contributed by atoms with Crippen molar-refractivity contribution in [1.29, 1.82) is 0 Å². The van der Waals surface area contributed by atoms with Crippen LogP contribution in [0.15, 0.2) is 24.3 Å². The summed E-state index contributed by atoms with van der Waals surface area (Å²) in [5.74, 6) is 0.483. The Kier molecular flexibility index (Phi) is 7.90. The van der Waals surface area contributed by atoms with Crippen LogP contribution in [0.1, 0.15) is 12.8 Å². The molecule has 1 aromatic rings. The predicted molar refractivity (Wildman–Crippen MR) is 90.4 cm³/mol. The predicted octanol–water partition coefficient (Wildman–Crippen LogP) is 1.36. The highest BCUT2D eigenvalue weighted by Gasteiger charge is 2.27. The van der Waals surface area contributed by atoms with Gasteiger partial charge in [-0.2, -0.15) is 0 Å². The van der Waals surface area contributed by atoms with E-state index in [0.717, 1.165) is 0 Å². The van der Waals surface area contributed by atoms with Gasteiger partial charge in [-0.3, -0.25) is 14.9 Å². The lowest BCUT2D eigenvalue weighted by atomic mass is 10.1. The van der Waals surface area contributed by atoms with Crippen LogP contribution in [0.5, 0.6) is 5.75 Å². The molecule has 9 heteroatoms. The Morgan fingerprint density at radius 1 is 1.38 bits per heavy atom. The van der Waals surface area contributed by atoms with Crippen LogP contribution in [0.4, 0.5) is 5.69 Å². The van der Waals surface area contributed by atoms with Gasteiger partial charge < -0.3 is 20.1 Å². The number of nitro benzene ring substituents is 1. The summed E-state index contributed by atoms with van der Waals surface area (Å²) in [6.45, 7) is 1.36. The van der Waals surface area contributed by atoms with E-state index in [2.05, 4.69) is 0 Å². The molecule has 1 aliphatic rings. The van der Waals surface area contributed by atoms with Gasteiger partial charge >= 0.3 is 0 Å². The number of rotatable bonds is 6. The molecule has 1 unspecified atom stereocenters. The molecular formula is C15H22ClN3O5. The van der Waals surface area contributed by atoms with Gasteiger partial charge in [0.15, 0.2) is 0 Å². The molecule has 1 saturated heterocycles. The molecule has 0 aliphatic carbocycles. The molecule has 8 nitrogen and oxygen atoms in total. The van der Waals surface area contributed by atoms with Crippen LogP contribution in [0.3, 0.4) is 0 Å². The number of nitro groups is 1. The second-order valence-corrected chi connectivity index (χ2v) is 5.46. The number of non-ortho nitro benzene ring substituents is 1. The summed E-state index contributed by atoms with van der Waals surface area (Å²) >= 11 is 0. The third-order valence-corrected chi connectivity index (χ3v) is 3.77. The molecule has 0 saturated carbocycles. The Labute approximate surface area is 146 Å². The number of ether oxygens (including phenoxy) is 2. The molecule has 1 amide bonds. The van der Waals surface area contributed by atoms with E-state index in [1.54, 1.807) is 17.0 Å². The molecule has 1 heterocycles. The minimum atomic E-state index is -0.632. The monoisotopic (exact) mass is 359 g/mol. The van der Waals surface area contributed by atoms with E-state index in [1.165, 1.54) is 19.2 Å². The minimum Gasteiger partial charge on any atom is -0.490 e. The van der Waals surface area contributed by atoms with Crippen molar-refractivity contribution in [3.05, 3.63) is 34.4 Å². The second-order valence-electron chi connectivity index (χ2n) is 5.46. The molecule has 0 aromatic heterocycles. The first kappa shape index (κ1) is 20.1. The van der Waals surface area contributed by atoms with Gasteiger partial charge in [-0.25, -0.2) is 0 Å². The average Bonchev–Trinajstić information content (AvgIpc) is 2.55. The maximum absolute atomic E-state index is 12.1. The Morgan fingerprint density at radius 3 is 2.46 bits per heavy atom. The topological polar surface area (TPSA) is 108 Å². The summed E-state index contributed by atoms with van der Waals surface area (Å²) in [6.07, 6.45) is 1.38. The minimum absolute atomic E-state index is 0. The number of carbonyl (C=O) groups excluding carboxylic acids is 1. The normalized spacial score (nSPS) is 16.2. The van der Waals surface area contributed by atoms with E-state index in [4.69, 9.17) is 15.2 Å². The van der Waals surface area contributed by atoms with Crippen molar-refractivity contribution in [2.24, 2.45) is 5.73 Å². The molecule has 24 heavy (non-hydrogen) atoms. The fraction of sp³-hybridized carbons (Fsp3) is 0.533. The fourth-order valence-corrected chi connectivity index (χ4v) is 2.52. The smallest absolute Gasteiger partial charge is 0.269 e. The summed E-state index contributed by atoms with van der Waals surface area (Å²) < 4.78 is 10.7. The highest BCUT2D eigenvalue weighted by molar-refractivity contribution is 5.85. The van der Waals surface area contributed by atoms with Gasteiger partial charge in [0.2, 0.25) is 5.91 Å². The number of hydrogen-bond acceptors (Lipinski definition) is 6. The van der Waals surface area contributed by atoms with E-state index in [-0.39, 0.29) is 36.7 Å². The van der Waals surface area contributed by atoms with Crippen molar-refractivity contribution >= 4 is 24.0 Å². The largest absolute Gasteiger partial charge is 0.490 e. The van der Waals surface area contributed by atoms with Gasteiger partial charge in [-0.05, 0) is 12.1 Å². The molecule has 134 valence electrons. The number of piperidine rings is 1. The molecular weight excluding hydrogens is 338 g/mol. The first-order chi connectivity index (χ1) is 11.0. The van der Waals surface area contributed by atoms with E-state index in [9.17, 15) is 14.9 Å². The lowest BCUT2D eigenvalue weighted by molar-refractivity contribution is -0.384. The lowest BCUT2D eigenvalue weighted by Crippen LogP contribution is -2.50. The number of nitrogens with two attached hydrogens (primary N) is 1. The highest BCUT2D eigenvalue weighted by Crippen LogP contribution is 2.22. The highest BCUT2D eigenvalue weighted by atomic mass is 35.5. The molecule has 0 bridgehead atoms. The van der Waals surface area contributed by atoms with Crippen LogP contribution < -0.4 is 10.5 Å². The number of halogens is 1. The van der Waals surface area contributed by atoms with Gasteiger partial charge in [0, 0.05) is 45.2 Å². The quantitative estimate of drug-likeness (QED) is 0.607. The zero-order valence-electron chi connectivity index (χ0n) is 13.4. The number of methoxy groups -OCH3 is 1. The van der Waals surface area contributed by atoms with Crippen molar-refractivity contribution in [3.63, 3.8) is 0 Å². The lowest BCUT2D eigenvalue weighted by Gasteiger charge is -2.33. The maximum Gasteiger partial charge on any atom is 0.269 e. The van der Waals surface area contributed by atoms with Crippen LogP contribution in [-0.2, 0) is 9.53 Å². The standard InChI is InChI=1S/C15H21N3O5.ClH/c1-22-10-14(16)15(19)17-8-6-13(7-9-17)23-12-4-2-11(3-5-12)18(20)21;/h2-5,13-14H,6-10,16H2,1H3;1H. The van der Waals surface area contributed by atoms with Gasteiger partial charge in [0.05, 0.1) is 11.5 Å². The molecule has 1 atom stereocenters. The molecule has 1 fully saturated rings. The van der Waals surface area contributed by atoms with Gasteiger partial charge in [0.25, 0.3) is 5.69 Å². The SMILES string of the molecule is COCC(N)C(=O)N1CCC(Oc2ccc([N+](=O)[O-])cc2)CC1.Cl. The van der Waals surface area contributed by atoms with E-state index < -0.39 is 11.0 Å². The fourth-order valence-electron chi connectivity index (χ4n) is 2.52. The number of likely N-dealkylation sites (tertiary alicyclic amines) is 1. The number of hydrogen-bond donors (Lipinski definition) is 1. The van der Waals surface area contributed by atoms with Crippen molar-refractivity contribution in [3.8, 4) is 5.75 Å². The Bertz CT molecular complexity index is 547. The zero-order chi connectivity index (χ0) is 16.8. The van der Waals surface area contributed by atoms with Gasteiger partial charge in [-0.1, -0.05) is 0 Å². The summed E-state index contributed by atoms with van der Waals surface area (Å²) in [5.41, 5.74) is 5.79. The number of amides is 1. The number of benzene rings is 1. The molecule has 1 aliphatic heterocycles. The van der Waals surface area contributed by atoms with E-state index >= 15 is 0 Å². The molecule has 2 N–H and O–H groups in total. The van der Waals surface area contributed by atoms with Gasteiger partial charge in [-0.15, -0.1) is 12.4 Å². The summed E-state index contributed by atoms with van der Waals surface area (Å²) in [4.78, 5) is 24.0. The molecule has 0 radical (unpaired) electrons. The Balaban J connectivity index is 0.00000288. The third-order valence-electron chi connectivity index (χ3n) is 3.77. The van der Waals surface area contributed by atoms with Crippen LogP contribution in [0, 0.1) is 10.1 Å².